The Bertz CT molecular complexity index is 778. The molecule has 0 spiro atoms. The SMILES string of the molecule is Fc1cc(F)cc(-n2c(CCl)nc3ccc(F)cc32)c1. The van der Waals surface area contributed by atoms with Gasteiger partial charge in [0.2, 0.25) is 0 Å². The number of halogens is 4. The lowest BCUT2D eigenvalue weighted by Crippen LogP contribution is -2.00. The molecule has 0 aliphatic carbocycles. The minimum absolute atomic E-state index is 0.0361. The van der Waals surface area contributed by atoms with Crippen LogP contribution in [0.4, 0.5) is 13.2 Å². The number of aromatic nitrogens is 2. The van der Waals surface area contributed by atoms with E-state index in [1.807, 2.05) is 0 Å². The van der Waals surface area contributed by atoms with Crippen LogP contribution in [0.2, 0.25) is 0 Å². The molecule has 0 bridgehead atoms. The van der Waals surface area contributed by atoms with Crippen molar-refractivity contribution in [2.75, 3.05) is 0 Å². The van der Waals surface area contributed by atoms with Gasteiger partial charge in [-0.05, 0) is 24.3 Å². The Morgan fingerprint density at radius 1 is 0.950 bits per heavy atom. The largest absolute Gasteiger partial charge is 0.295 e. The molecule has 0 aliphatic rings. The fourth-order valence-corrected chi connectivity index (χ4v) is 2.32. The first-order valence-corrected chi connectivity index (χ1v) is 6.31. The normalized spacial score (nSPS) is 11.2. The van der Waals surface area contributed by atoms with E-state index < -0.39 is 17.5 Å². The van der Waals surface area contributed by atoms with E-state index in [-0.39, 0.29) is 11.6 Å². The van der Waals surface area contributed by atoms with Gasteiger partial charge in [0, 0.05) is 12.1 Å². The highest BCUT2D eigenvalue weighted by molar-refractivity contribution is 6.17. The molecule has 0 saturated carbocycles. The summed E-state index contributed by atoms with van der Waals surface area (Å²) in [5.74, 6) is -1.49. The Labute approximate surface area is 117 Å². The van der Waals surface area contributed by atoms with Crippen molar-refractivity contribution in [2.24, 2.45) is 0 Å². The molecule has 3 aromatic rings. The molecule has 1 aromatic heterocycles. The second kappa shape index (κ2) is 4.83. The second-order valence-corrected chi connectivity index (χ2v) is 4.53. The summed E-state index contributed by atoms with van der Waals surface area (Å²) in [6.07, 6.45) is 0. The molecule has 3 rings (SSSR count). The van der Waals surface area contributed by atoms with Gasteiger partial charge in [-0.25, -0.2) is 18.2 Å². The fourth-order valence-electron chi connectivity index (χ4n) is 2.14. The summed E-state index contributed by atoms with van der Waals surface area (Å²) in [6.45, 7) is 0. The van der Waals surface area contributed by atoms with Crippen LogP contribution in [0.1, 0.15) is 5.82 Å². The van der Waals surface area contributed by atoms with Crippen LogP contribution in [0.3, 0.4) is 0 Å². The maximum Gasteiger partial charge on any atom is 0.129 e. The highest BCUT2D eigenvalue weighted by Crippen LogP contribution is 2.24. The van der Waals surface area contributed by atoms with Crippen LogP contribution >= 0.6 is 11.6 Å². The van der Waals surface area contributed by atoms with Crippen LogP contribution in [0.25, 0.3) is 16.7 Å². The maximum absolute atomic E-state index is 13.4. The number of rotatable bonds is 2. The molecule has 1 heterocycles. The van der Waals surface area contributed by atoms with Crippen molar-refractivity contribution < 1.29 is 13.2 Å². The van der Waals surface area contributed by atoms with Crippen LogP contribution in [-0.4, -0.2) is 9.55 Å². The van der Waals surface area contributed by atoms with Crippen LogP contribution in [0, 0.1) is 17.5 Å². The summed E-state index contributed by atoms with van der Waals surface area (Å²) >= 11 is 5.81. The van der Waals surface area contributed by atoms with Gasteiger partial charge >= 0.3 is 0 Å². The molecular weight excluding hydrogens is 289 g/mol. The lowest BCUT2D eigenvalue weighted by atomic mass is 10.2. The lowest BCUT2D eigenvalue weighted by molar-refractivity contribution is 0.581. The number of alkyl halides is 1. The summed E-state index contributed by atoms with van der Waals surface area (Å²) in [5.41, 5.74) is 1.13. The molecule has 0 radical (unpaired) electrons. The van der Waals surface area contributed by atoms with Crippen molar-refractivity contribution in [3.63, 3.8) is 0 Å². The third-order valence-corrected chi connectivity index (χ3v) is 3.15. The molecule has 102 valence electrons. The Kier molecular flexibility index (Phi) is 3.14. The van der Waals surface area contributed by atoms with Crippen molar-refractivity contribution in [1.29, 1.82) is 0 Å². The zero-order valence-corrected chi connectivity index (χ0v) is 10.8. The monoisotopic (exact) mass is 296 g/mol. The zero-order chi connectivity index (χ0) is 14.3. The van der Waals surface area contributed by atoms with E-state index in [1.165, 1.54) is 22.8 Å². The Morgan fingerprint density at radius 2 is 1.65 bits per heavy atom. The molecule has 20 heavy (non-hydrogen) atoms. The number of hydrogen-bond donors (Lipinski definition) is 0. The number of nitrogens with zero attached hydrogens (tertiary/aromatic N) is 2. The predicted octanol–water partition coefficient (Wildman–Crippen LogP) is 4.18. The number of benzene rings is 2. The average Bonchev–Trinajstić information content (AvgIpc) is 2.75. The van der Waals surface area contributed by atoms with Gasteiger partial charge in [0.15, 0.2) is 0 Å². The number of fused-ring (bicyclic) bond motifs is 1. The number of imidazole rings is 1. The topological polar surface area (TPSA) is 17.8 Å². The minimum Gasteiger partial charge on any atom is -0.295 e. The Hall–Kier alpha value is -2.01. The van der Waals surface area contributed by atoms with Gasteiger partial charge in [-0.15, -0.1) is 11.6 Å². The molecule has 0 N–H and O–H groups in total. The second-order valence-electron chi connectivity index (χ2n) is 4.26. The first-order chi connectivity index (χ1) is 9.58. The van der Waals surface area contributed by atoms with E-state index in [4.69, 9.17) is 11.6 Å². The van der Waals surface area contributed by atoms with E-state index in [9.17, 15) is 13.2 Å². The molecule has 0 atom stereocenters. The van der Waals surface area contributed by atoms with Crippen LogP contribution in [0.15, 0.2) is 36.4 Å². The van der Waals surface area contributed by atoms with Crippen molar-refractivity contribution in [1.82, 2.24) is 9.55 Å². The summed E-state index contributed by atoms with van der Waals surface area (Å²) in [7, 11) is 0. The van der Waals surface area contributed by atoms with E-state index in [0.29, 0.717) is 16.9 Å². The van der Waals surface area contributed by atoms with Gasteiger partial charge in [-0.2, -0.15) is 0 Å². The molecule has 6 heteroatoms. The van der Waals surface area contributed by atoms with Gasteiger partial charge in [0.25, 0.3) is 0 Å². The molecule has 0 amide bonds. The summed E-state index contributed by atoms with van der Waals surface area (Å²) in [4.78, 5) is 4.23. The van der Waals surface area contributed by atoms with Crippen molar-refractivity contribution in [3.05, 3.63) is 59.7 Å². The van der Waals surface area contributed by atoms with Crippen LogP contribution in [-0.2, 0) is 5.88 Å². The van der Waals surface area contributed by atoms with E-state index in [1.54, 1.807) is 0 Å². The van der Waals surface area contributed by atoms with Gasteiger partial charge < -0.3 is 0 Å². The fraction of sp³-hybridized carbons (Fsp3) is 0.0714. The smallest absolute Gasteiger partial charge is 0.129 e. The van der Waals surface area contributed by atoms with E-state index in [2.05, 4.69) is 4.98 Å². The first kappa shape index (κ1) is 13.0. The summed E-state index contributed by atoms with van der Waals surface area (Å²) in [6, 6.07) is 7.07. The van der Waals surface area contributed by atoms with Crippen molar-refractivity contribution >= 4 is 22.6 Å². The van der Waals surface area contributed by atoms with Gasteiger partial charge in [-0.3, -0.25) is 4.57 Å². The molecule has 0 unspecified atom stereocenters. The maximum atomic E-state index is 13.4. The van der Waals surface area contributed by atoms with E-state index >= 15 is 0 Å². The summed E-state index contributed by atoms with van der Waals surface area (Å²) < 4.78 is 41.5. The highest BCUT2D eigenvalue weighted by atomic mass is 35.5. The van der Waals surface area contributed by atoms with Crippen molar-refractivity contribution in [3.8, 4) is 5.69 Å². The molecule has 0 saturated heterocycles. The molecule has 0 aliphatic heterocycles. The molecule has 2 aromatic carbocycles. The average molecular weight is 297 g/mol. The Balaban J connectivity index is 2.35. The van der Waals surface area contributed by atoms with Gasteiger partial charge in [-0.1, -0.05) is 0 Å². The van der Waals surface area contributed by atoms with Gasteiger partial charge in [0.1, 0.15) is 23.3 Å². The van der Waals surface area contributed by atoms with Crippen LogP contribution in [0.5, 0.6) is 0 Å². The van der Waals surface area contributed by atoms with E-state index in [0.717, 1.165) is 18.2 Å². The number of hydrogen-bond acceptors (Lipinski definition) is 1. The van der Waals surface area contributed by atoms with Crippen LogP contribution < -0.4 is 0 Å². The highest BCUT2D eigenvalue weighted by Gasteiger charge is 2.14. The third-order valence-electron chi connectivity index (χ3n) is 2.91. The lowest BCUT2D eigenvalue weighted by Gasteiger charge is -2.08. The quantitative estimate of drug-likeness (QED) is 0.649. The van der Waals surface area contributed by atoms with Crippen molar-refractivity contribution in [2.45, 2.75) is 5.88 Å². The first-order valence-electron chi connectivity index (χ1n) is 5.78. The third kappa shape index (κ3) is 2.14. The standard InChI is InChI=1S/C14H8ClF3N2/c15-7-14-19-12-2-1-8(16)6-13(12)20(14)11-4-9(17)3-10(18)5-11/h1-6H,7H2. The van der Waals surface area contributed by atoms with Gasteiger partial charge in [0.05, 0.1) is 22.6 Å². The summed E-state index contributed by atoms with van der Waals surface area (Å²) in [5, 5.41) is 0. The predicted molar refractivity (Wildman–Crippen MR) is 70.5 cm³/mol. The zero-order valence-electron chi connectivity index (χ0n) is 10.1. The molecule has 2 nitrogen and oxygen atoms in total. The minimum atomic E-state index is -0.723. The molecular formula is C14H8ClF3N2. The Morgan fingerprint density at radius 3 is 2.30 bits per heavy atom. The molecule has 0 fully saturated rings.